The number of aryl methyl sites for hydroxylation is 2. The fourth-order valence-corrected chi connectivity index (χ4v) is 1.02. The van der Waals surface area contributed by atoms with Gasteiger partial charge in [-0.25, -0.2) is 0 Å². The molecular weight excluding hydrogens is 120 g/mol. The second-order valence-electron chi connectivity index (χ2n) is 2.54. The van der Waals surface area contributed by atoms with Gasteiger partial charge >= 0.3 is 0 Å². The van der Waals surface area contributed by atoms with Crippen LogP contribution in [0.5, 0.6) is 0 Å². The van der Waals surface area contributed by atoms with Crippen molar-refractivity contribution in [3.8, 4) is 0 Å². The highest BCUT2D eigenvalue weighted by atomic mass is 14.0. The summed E-state index contributed by atoms with van der Waals surface area (Å²) in [4.78, 5) is 0. The molecule has 0 aliphatic heterocycles. The molecule has 0 amide bonds. The highest BCUT2D eigenvalue weighted by Crippen LogP contribution is 2.05. The molecule has 0 aliphatic carbocycles. The molecule has 0 saturated carbocycles. The smallest absolute Gasteiger partial charge is 0.00804 e. The third kappa shape index (κ3) is 1.51. The van der Waals surface area contributed by atoms with Crippen LogP contribution >= 0.6 is 0 Å². The monoisotopic (exact) mass is 132 g/mol. The zero-order chi connectivity index (χ0) is 7.40. The Labute approximate surface area is 62.9 Å². The standard InChI is InChI=1S/C10H12/c1-3-6-10-8-5-4-7-9(10)2/h7-8H,3,6H2,1-2H3. The van der Waals surface area contributed by atoms with E-state index in [1.807, 2.05) is 12.1 Å². The summed E-state index contributed by atoms with van der Waals surface area (Å²) in [5, 5.41) is 0. The molecule has 0 N–H and O–H groups in total. The third-order valence-electron chi connectivity index (χ3n) is 1.64. The summed E-state index contributed by atoms with van der Waals surface area (Å²) in [6.45, 7) is 4.31. The Balaban J connectivity index is 2.81. The molecule has 0 radical (unpaired) electrons. The van der Waals surface area contributed by atoms with Crippen LogP contribution in [0.2, 0.25) is 0 Å². The van der Waals surface area contributed by atoms with Crippen LogP contribution in [0.4, 0.5) is 0 Å². The van der Waals surface area contributed by atoms with Gasteiger partial charge in [-0.2, -0.15) is 0 Å². The minimum Gasteiger partial charge on any atom is -0.0699 e. The Morgan fingerprint density at radius 1 is 1.30 bits per heavy atom. The van der Waals surface area contributed by atoms with E-state index < -0.39 is 0 Å². The second-order valence-corrected chi connectivity index (χ2v) is 2.54. The van der Waals surface area contributed by atoms with Gasteiger partial charge in [0.25, 0.3) is 0 Å². The Bertz CT molecular complexity index is 201. The van der Waals surface area contributed by atoms with E-state index in [2.05, 4.69) is 26.0 Å². The van der Waals surface area contributed by atoms with Crippen molar-refractivity contribution in [2.75, 3.05) is 0 Å². The average Bonchev–Trinajstić information content (AvgIpc) is 1.94. The normalized spacial score (nSPS) is 9.00. The van der Waals surface area contributed by atoms with Crippen molar-refractivity contribution in [3.63, 3.8) is 0 Å². The summed E-state index contributed by atoms with van der Waals surface area (Å²) in [5.74, 6) is 0. The molecule has 10 heavy (non-hydrogen) atoms. The van der Waals surface area contributed by atoms with Crippen molar-refractivity contribution in [1.82, 2.24) is 0 Å². The van der Waals surface area contributed by atoms with E-state index in [0.29, 0.717) is 0 Å². The Morgan fingerprint density at radius 2 is 2.00 bits per heavy atom. The largest absolute Gasteiger partial charge is 0.0699 e. The lowest BCUT2D eigenvalue weighted by molar-refractivity contribution is 0.913. The lowest BCUT2D eigenvalue weighted by Gasteiger charge is -1.98. The van der Waals surface area contributed by atoms with Crippen LogP contribution in [0.1, 0.15) is 24.5 Å². The molecule has 0 aromatic heterocycles. The molecule has 0 spiro atoms. The van der Waals surface area contributed by atoms with Crippen molar-refractivity contribution in [2.24, 2.45) is 0 Å². The highest BCUT2D eigenvalue weighted by Gasteiger charge is 1.92. The highest BCUT2D eigenvalue weighted by molar-refractivity contribution is 5.21. The van der Waals surface area contributed by atoms with Crippen LogP contribution in [0.25, 0.3) is 0 Å². The maximum atomic E-state index is 2.96. The third-order valence-corrected chi connectivity index (χ3v) is 1.64. The molecule has 0 nitrogen and oxygen atoms in total. The molecule has 0 unspecified atom stereocenters. The SMILES string of the molecule is CCCc1cc#ccc1C. The van der Waals surface area contributed by atoms with E-state index in [0.717, 1.165) is 6.42 Å². The quantitative estimate of drug-likeness (QED) is 0.580. The average molecular weight is 132 g/mol. The number of hydrogen-bond donors (Lipinski definition) is 0. The predicted molar refractivity (Wildman–Crippen MR) is 42.8 cm³/mol. The predicted octanol–water partition coefficient (Wildman–Crippen LogP) is 2.55. The van der Waals surface area contributed by atoms with Crippen LogP contribution in [0.3, 0.4) is 0 Å². The van der Waals surface area contributed by atoms with Gasteiger partial charge in [0.2, 0.25) is 0 Å². The van der Waals surface area contributed by atoms with Crippen molar-refractivity contribution in [3.05, 3.63) is 35.4 Å². The Kier molecular flexibility index (Phi) is 2.34. The molecule has 0 fully saturated rings. The molecule has 0 bridgehead atoms. The molecule has 1 aromatic rings. The lowest BCUT2D eigenvalue weighted by atomic mass is 10.1. The summed E-state index contributed by atoms with van der Waals surface area (Å²) in [7, 11) is 0. The molecular formula is C10H12. The minimum absolute atomic E-state index is 1.16. The van der Waals surface area contributed by atoms with E-state index in [4.69, 9.17) is 0 Å². The van der Waals surface area contributed by atoms with Crippen LogP contribution < -0.4 is 0 Å². The molecule has 0 atom stereocenters. The minimum atomic E-state index is 1.16. The summed E-state index contributed by atoms with van der Waals surface area (Å²) in [6.07, 6.45) is 2.37. The van der Waals surface area contributed by atoms with Gasteiger partial charge in [-0.05, 0) is 36.6 Å². The first-order chi connectivity index (χ1) is 4.84. The van der Waals surface area contributed by atoms with Gasteiger partial charge in [-0.1, -0.05) is 25.5 Å². The summed E-state index contributed by atoms with van der Waals surface area (Å²) in [5.41, 5.74) is 2.74. The fourth-order valence-electron chi connectivity index (χ4n) is 1.02. The maximum absolute atomic E-state index is 2.96. The number of hydrogen-bond acceptors (Lipinski definition) is 0. The van der Waals surface area contributed by atoms with Crippen LogP contribution in [-0.2, 0) is 6.42 Å². The van der Waals surface area contributed by atoms with Crippen LogP contribution in [0, 0.1) is 19.1 Å². The van der Waals surface area contributed by atoms with Gasteiger partial charge in [-0.15, -0.1) is 0 Å². The maximum Gasteiger partial charge on any atom is -0.00804 e. The first kappa shape index (κ1) is 7.15. The molecule has 0 aliphatic rings. The van der Waals surface area contributed by atoms with Gasteiger partial charge in [0, 0.05) is 0 Å². The zero-order valence-electron chi connectivity index (χ0n) is 6.57. The van der Waals surface area contributed by atoms with Gasteiger partial charge in [0.15, 0.2) is 0 Å². The summed E-state index contributed by atoms with van der Waals surface area (Å²) in [6, 6.07) is 9.91. The van der Waals surface area contributed by atoms with Gasteiger partial charge in [-0.3, -0.25) is 0 Å². The van der Waals surface area contributed by atoms with Gasteiger partial charge in [0.1, 0.15) is 0 Å². The first-order valence-corrected chi connectivity index (χ1v) is 3.72. The Morgan fingerprint density at radius 3 is 2.60 bits per heavy atom. The molecule has 0 heteroatoms. The molecule has 1 rings (SSSR count). The number of rotatable bonds is 2. The van der Waals surface area contributed by atoms with Crippen LogP contribution in [-0.4, -0.2) is 0 Å². The van der Waals surface area contributed by atoms with E-state index in [1.165, 1.54) is 17.5 Å². The summed E-state index contributed by atoms with van der Waals surface area (Å²) < 4.78 is 0. The van der Waals surface area contributed by atoms with E-state index in [9.17, 15) is 0 Å². The van der Waals surface area contributed by atoms with E-state index in [1.54, 1.807) is 0 Å². The summed E-state index contributed by atoms with van der Waals surface area (Å²) >= 11 is 0. The molecule has 0 heterocycles. The fraction of sp³-hybridized carbons (Fsp3) is 0.400. The molecule has 52 valence electrons. The Hall–Kier alpha value is -0.960. The molecule has 0 saturated heterocycles. The van der Waals surface area contributed by atoms with E-state index >= 15 is 0 Å². The lowest BCUT2D eigenvalue weighted by Crippen LogP contribution is -1.85. The van der Waals surface area contributed by atoms with Crippen molar-refractivity contribution >= 4 is 0 Å². The van der Waals surface area contributed by atoms with Crippen LogP contribution in [0.15, 0.2) is 12.1 Å². The molecule has 1 aromatic carbocycles. The topological polar surface area (TPSA) is 0 Å². The van der Waals surface area contributed by atoms with Crippen molar-refractivity contribution < 1.29 is 0 Å². The van der Waals surface area contributed by atoms with Crippen molar-refractivity contribution in [1.29, 1.82) is 0 Å². The van der Waals surface area contributed by atoms with Gasteiger partial charge < -0.3 is 0 Å². The second kappa shape index (κ2) is 3.27. The van der Waals surface area contributed by atoms with E-state index in [-0.39, 0.29) is 0 Å². The first-order valence-electron chi connectivity index (χ1n) is 3.72. The zero-order valence-corrected chi connectivity index (χ0v) is 6.57. The van der Waals surface area contributed by atoms with Crippen molar-refractivity contribution in [2.45, 2.75) is 26.7 Å². The van der Waals surface area contributed by atoms with Gasteiger partial charge in [0.05, 0.1) is 0 Å².